The van der Waals surface area contributed by atoms with Crippen LogP contribution < -0.4 is 4.90 Å². The van der Waals surface area contributed by atoms with Crippen molar-refractivity contribution in [3.05, 3.63) is 42.5 Å². The SMILES string of the molecule is CCCCN(C)CCC(=O)N1CCN(c2ccc(-c3ccccc3)nn2)CC1. The van der Waals surface area contributed by atoms with Crippen LogP contribution in [0.3, 0.4) is 0 Å². The summed E-state index contributed by atoms with van der Waals surface area (Å²) in [5, 5.41) is 8.78. The molecule has 2 heterocycles. The Morgan fingerprint density at radius 3 is 2.39 bits per heavy atom. The predicted molar refractivity (Wildman–Crippen MR) is 113 cm³/mol. The van der Waals surface area contributed by atoms with Gasteiger partial charge in [-0.3, -0.25) is 4.79 Å². The van der Waals surface area contributed by atoms with E-state index in [-0.39, 0.29) is 5.91 Å². The molecule has 1 aromatic heterocycles. The minimum absolute atomic E-state index is 0.258. The fourth-order valence-corrected chi connectivity index (χ4v) is 3.43. The summed E-state index contributed by atoms with van der Waals surface area (Å²) >= 11 is 0. The Kier molecular flexibility index (Phi) is 7.37. The molecule has 0 saturated carbocycles. The Hall–Kier alpha value is -2.47. The van der Waals surface area contributed by atoms with Gasteiger partial charge in [0.2, 0.25) is 5.91 Å². The second-order valence-electron chi connectivity index (χ2n) is 7.42. The molecule has 0 aliphatic carbocycles. The zero-order chi connectivity index (χ0) is 19.8. The lowest BCUT2D eigenvalue weighted by Gasteiger charge is -2.35. The molecule has 0 bridgehead atoms. The lowest BCUT2D eigenvalue weighted by Crippen LogP contribution is -2.49. The van der Waals surface area contributed by atoms with Crippen LogP contribution in [0.2, 0.25) is 0 Å². The number of amides is 1. The highest BCUT2D eigenvalue weighted by molar-refractivity contribution is 5.76. The molecule has 1 saturated heterocycles. The molecule has 0 N–H and O–H groups in total. The van der Waals surface area contributed by atoms with E-state index in [0.29, 0.717) is 6.42 Å². The van der Waals surface area contributed by atoms with Gasteiger partial charge in [-0.25, -0.2) is 0 Å². The first-order chi connectivity index (χ1) is 13.7. The van der Waals surface area contributed by atoms with Crippen LogP contribution in [0, 0.1) is 0 Å². The second-order valence-corrected chi connectivity index (χ2v) is 7.42. The first kappa shape index (κ1) is 20.3. The Morgan fingerprint density at radius 1 is 1.00 bits per heavy atom. The van der Waals surface area contributed by atoms with Gasteiger partial charge >= 0.3 is 0 Å². The third-order valence-corrected chi connectivity index (χ3v) is 5.28. The summed E-state index contributed by atoms with van der Waals surface area (Å²) in [5.74, 6) is 1.14. The first-order valence-electron chi connectivity index (χ1n) is 10.3. The average Bonchev–Trinajstić information content (AvgIpc) is 2.77. The second kappa shape index (κ2) is 10.2. The maximum absolute atomic E-state index is 12.5. The van der Waals surface area contributed by atoms with Crippen molar-refractivity contribution in [3.8, 4) is 11.3 Å². The lowest BCUT2D eigenvalue weighted by molar-refractivity contribution is -0.131. The summed E-state index contributed by atoms with van der Waals surface area (Å²) in [6, 6.07) is 14.1. The maximum atomic E-state index is 12.5. The van der Waals surface area contributed by atoms with Gasteiger partial charge in [0.25, 0.3) is 0 Å². The van der Waals surface area contributed by atoms with Gasteiger partial charge in [0.05, 0.1) is 5.69 Å². The van der Waals surface area contributed by atoms with Crippen LogP contribution in [-0.4, -0.2) is 72.2 Å². The van der Waals surface area contributed by atoms with Crippen LogP contribution in [0.25, 0.3) is 11.3 Å². The normalized spacial score (nSPS) is 14.5. The van der Waals surface area contributed by atoms with Crippen molar-refractivity contribution >= 4 is 11.7 Å². The van der Waals surface area contributed by atoms with Crippen LogP contribution >= 0.6 is 0 Å². The van der Waals surface area contributed by atoms with Crippen molar-refractivity contribution in [3.63, 3.8) is 0 Å². The van der Waals surface area contributed by atoms with Crippen LogP contribution in [0.15, 0.2) is 42.5 Å². The number of nitrogens with zero attached hydrogens (tertiary/aromatic N) is 5. The van der Waals surface area contributed by atoms with E-state index in [1.165, 1.54) is 12.8 Å². The number of carbonyl (C=O) groups is 1. The molecule has 1 aliphatic heterocycles. The molecular weight excluding hydrogens is 350 g/mol. The Labute approximate surface area is 168 Å². The van der Waals surface area contributed by atoms with E-state index in [1.807, 2.05) is 47.4 Å². The van der Waals surface area contributed by atoms with Gasteiger partial charge < -0.3 is 14.7 Å². The van der Waals surface area contributed by atoms with E-state index in [2.05, 4.69) is 34.0 Å². The molecule has 1 amide bonds. The molecule has 150 valence electrons. The number of hydrogen-bond acceptors (Lipinski definition) is 5. The molecule has 0 radical (unpaired) electrons. The summed E-state index contributed by atoms with van der Waals surface area (Å²) in [6.45, 7) is 7.20. The highest BCUT2D eigenvalue weighted by atomic mass is 16.2. The first-order valence-corrected chi connectivity index (χ1v) is 10.3. The number of benzene rings is 1. The van der Waals surface area contributed by atoms with Crippen molar-refractivity contribution < 1.29 is 4.79 Å². The number of piperazine rings is 1. The molecule has 0 atom stereocenters. The topological polar surface area (TPSA) is 52.6 Å². The van der Waals surface area contributed by atoms with E-state index in [1.54, 1.807) is 0 Å². The molecule has 6 heteroatoms. The van der Waals surface area contributed by atoms with Crippen LogP contribution in [0.4, 0.5) is 5.82 Å². The maximum Gasteiger partial charge on any atom is 0.223 e. The smallest absolute Gasteiger partial charge is 0.223 e. The number of hydrogen-bond donors (Lipinski definition) is 0. The van der Waals surface area contributed by atoms with Crippen LogP contribution in [0.5, 0.6) is 0 Å². The number of unbranched alkanes of at least 4 members (excludes halogenated alkanes) is 1. The minimum Gasteiger partial charge on any atom is -0.352 e. The Balaban J connectivity index is 1.46. The molecule has 3 rings (SSSR count). The zero-order valence-electron chi connectivity index (χ0n) is 17.0. The summed E-state index contributed by atoms with van der Waals surface area (Å²) in [4.78, 5) is 18.9. The van der Waals surface area contributed by atoms with Crippen LogP contribution in [0.1, 0.15) is 26.2 Å². The largest absolute Gasteiger partial charge is 0.352 e. The fraction of sp³-hybridized carbons (Fsp3) is 0.500. The van der Waals surface area contributed by atoms with Crippen molar-refractivity contribution in [1.29, 1.82) is 0 Å². The van der Waals surface area contributed by atoms with Crippen molar-refractivity contribution in [2.45, 2.75) is 26.2 Å². The Morgan fingerprint density at radius 2 is 1.75 bits per heavy atom. The molecule has 1 fully saturated rings. The van der Waals surface area contributed by atoms with Gasteiger partial charge in [0, 0.05) is 44.7 Å². The fourth-order valence-electron chi connectivity index (χ4n) is 3.43. The molecule has 6 nitrogen and oxygen atoms in total. The van der Waals surface area contributed by atoms with Gasteiger partial charge in [-0.1, -0.05) is 43.7 Å². The number of carbonyl (C=O) groups excluding carboxylic acids is 1. The average molecular weight is 382 g/mol. The lowest BCUT2D eigenvalue weighted by atomic mass is 10.1. The van der Waals surface area contributed by atoms with E-state index < -0.39 is 0 Å². The molecule has 1 aliphatic rings. The predicted octanol–water partition coefficient (Wildman–Crippen LogP) is 2.91. The van der Waals surface area contributed by atoms with Gasteiger partial charge in [0.15, 0.2) is 5.82 Å². The molecule has 0 unspecified atom stereocenters. The van der Waals surface area contributed by atoms with Gasteiger partial charge in [-0.2, -0.15) is 0 Å². The minimum atomic E-state index is 0.258. The van der Waals surface area contributed by atoms with Crippen LogP contribution in [-0.2, 0) is 4.79 Å². The number of anilines is 1. The van der Waals surface area contributed by atoms with Crippen molar-refractivity contribution in [1.82, 2.24) is 20.0 Å². The summed E-state index contributed by atoms with van der Waals surface area (Å²) in [7, 11) is 2.10. The van der Waals surface area contributed by atoms with Crippen molar-refractivity contribution in [2.75, 3.05) is 51.2 Å². The monoisotopic (exact) mass is 381 g/mol. The third kappa shape index (κ3) is 5.52. The molecule has 28 heavy (non-hydrogen) atoms. The van der Waals surface area contributed by atoms with E-state index in [4.69, 9.17) is 0 Å². The summed E-state index contributed by atoms with van der Waals surface area (Å²) < 4.78 is 0. The zero-order valence-corrected chi connectivity index (χ0v) is 17.0. The van der Waals surface area contributed by atoms with Crippen molar-refractivity contribution in [2.24, 2.45) is 0 Å². The number of aromatic nitrogens is 2. The molecule has 1 aromatic carbocycles. The van der Waals surface area contributed by atoms with E-state index >= 15 is 0 Å². The summed E-state index contributed by atoms with van der Waals surface area (Å²) in [5.41, 5.74) is 1.95. The Bertz CT molecular complexity index is 726. The molecule has 0 spiro atoms. The van der Waals surface area contributed by atoms with E-state index in [0.717, 1.165) is 56.3 Å². The van der Waals surface area contributed by atoms with Gasteiger partial charge in [-0.15, -0.1) is 10.2 Å². The quantitative estimate of drug-likeness (QED) is 0.704. The highest BCUT2D eigenvalue weighted by Crippen LogP contribution is 2.19. The molecule has 2 aromatic rings. The van der Waals surface area contributed by atoms with Gasteiger partial charge in [0.1, 0.15) is 0 Å². The highest BCUT2D eigenvalue weighted by Gasteiger charge is 2.22. The summed E-state index contributed by atoms with van der Waals surface area (Å²) in [6.07, 6.45) is 2.98. The third-order valence-electron chi connectivity index (χ3n) is 5.28. The standard InChI is InChI=1S/C22H31N5O/c1-3-4-13-25(2)14-12-22(28)27-17-15-26(16-18-27)21-11-10-20(23-24-21)19-8-6-5-7-9-19/h5-11H,3-4,12-18H2,1-2H3. The van der Waals surface area contributed by atoms with E-state index in [9.17, 15) is 4.79 Å². The van der Waals surface area contributed by atoms with Gasteiger partial charge in [-0.05, 0) is 32.1 Å². The molecular formula is C22H31N5O. The number of rotatable bonds is 8.